The van der Waals surface area contributed by atoms with Crippen LogP contribution in [0.4, 0.5) is 0 Å². The lowest BCUT2D eigenvalue weighted by molar-refractivity contribution is -0.126. The SMILES string of the molecule is COc1ccc(Cn2c(C(=O)N3CCC(C(=O)NC4CC4)CC3)cc3sccc32)cc1. The fourth-order valence-corrected chi connectivity index (χ4v) is 5.11. The average Bonchev–Trinajstić information content (AvgIpc) is 3.38. The van der Waals surface area contributed by atoms with Crippen molar-refractivity contribution < 1.29 is 14.3 Å². The van der Waals surface area contributed by atoms with Gasteiger partial charge in [0, 0.05) is 31.6 Å². The van der Waals surface area contributed by atoms with Crippen molar-refractivity contribution in [3.8, 4) is 5.75 Å². The van der Waals surface area contributed by atoms with Gasteiger partial charge in [0.1, 0.15) is 11.4 Å². The molecule has 1 aromatic carbocycles. The normalized spacial score (nSPS) is 17.1. The van der Waals surface area contributed by atoms with Crippen LogP contribution in [0.5, 0.6) is 5.75 Å². The van der Waals surface area contributed by atoms with Gasteiger partial charge in [-0.1, -0.05) is 12.1 Å². The Kier molecular flexibility index (Phi) is 5.44. The molecular weight excluding hydrogens is 410 g/mol. The number of amides is 2. The number of methoxy groups -OCH3 is 1. The number of likely N-dealkylation sites (tertiary alicyclic amines) is 1. The van der Waals surface area contributed by atoms with E-state index in [2.05, 4.69) is 21.3 Å². The predicted molar refractivity (Wildman–Crippen MR) is 122 cm³/mol. The summed E-state index contributed by atoms with van der Waals surface area (Å²) in [5.41, 5.74) is 2.93. The molecule has 1 N–H and O–H groups in total. The van der Waals surface area contributed by atoms with Crippen LogP contribution in [-0.2, 0) is 11.3 Å². The quantitative estimate of drug-likeness (QED) is 0.636. The average molecular weight is 438 g/mol. The van der Waals surface area contributed by atoms with Crippen molar-refractivity contribution in [3.63, 3.8) is 0 Å². The standard InChI is InChI=1S/C24H27N3O3S/c1-30-19-6-2-16(3-7-19)15-27-20-10-13-31-22(20)14-21(27)24(29)26-11-8-17(9-12-26)23(28)25-18-4-5-18/h2-3,6-7,10,13-14,17-18H,4-5,8-9,11-12,15H2,1H3,(H,25,28). The molecule has 0 atom stereocenters. The maximum Gasteiger partial charge on any atom is 0.270 e. The van der Waals surface area contributed by atoms with E-state index >= 15 is 0 Å². The van der Waals surface area contributed by atoms with Crippen LogP contribution in [0.2, 0.25) is 0 Å². The van der Waals surface area contributed by atoms with Crippen LogP contribution in [-0.4, -0.2) is 47.5 Å². The van der Waals surface area contributed by atoms with E-state index in [1.54, 1.807) is 18.4 Å². The largest absolute Gasteiger partial charge is 0.497 e. The third-order valence-corrected chi connectivity index (χ3v) is 7.17. The number of fused-ring (bicyclic) bond motifs is 1. The lowest BCUT2D eigenvalue weighted by Crippen LogP contribution is -2.43. The second-order valence-corrected chi connectivity index (χ2v) is 9.43. The molecule has 2 fully saturated rings. The van der Waals surface area contributed by atoms with Crippen molar-refractivity contribution >= 4 is 33.4 Å². The van der Waals surface area contributed by atoms with Crippen LogP contribution >= 0.6 is 11.3 Å². The molecule has 6 nitrogen and oxygen atoms in total. The van der Waals surface area contributed by atoms with Gasteiger partial charge in [0.25, 0.3) is 5.91 Å². The number of carbonyl (C=O) groups is 2. The molecular formula is C24H27N3O3S. The summed E-state index contributed by atoms with van der Waals surface area (Å²) in [6.07, 6.45) is 3.67. The number of hydrogen-bond donors (Lipinski definition) is 1. The van der Waals surface area contributed by atoms with Gasteiger partial charge < -0.3 is 19.5 Å². The zero-order chi connectivity index (χ0) is 21.4. The Morgan fingerprint density at radius 1 is 1.10 bits per heavy atom. The van der Waals surface area contributed by atoms with E-state index in [0.29, 0.717) is 25.7 Å². The monoisotopic (exact) mass is 437 g/mol. The lowest BCUT2D eigenvalue weighted by Gasteiger charge is -2.31. The van der Waals surface area contributed by atoms with Crippen LogP contribution in [0.3, 0.4) is 0 Å². The highest BCUT2D eigenvalue weighted by Crippen LogP contribution is 2.29. The Balaban J connectivity index is 1.32. The number of thiophene rings is 1. The zero-order valence-electron chi connectivity index (χ0n) is 17.7. The number of rotatable bonds is 6. The van der Waals surface area contributed by atoms with E-state index < -0.39 is 0 Å². The minimum absolute atomic E-state index is 0.0271. The Morgan fingerprint density at radius 3 is 2.52 bits per heavy atom. The molecule has 1 saturated heterocycles. The summed E-state index contributed by atoms with van der Waals surface area (Å²) in [4.78, 5) is 27.7. The minimum atomic E-state index is 0.0271. The minimum Gasteiger partial charge on any atom is -0.497 e. The molecule has 1 saturated carbocycles. The molecule has 0 unspecified atom stereocenters. The van der Waals surface area contributed by atoms with Crippen molar-refractivity contribution in [2.45, 2.75) is 38.3 Å². The summed E-state index contributed by atoms with van der Waals surface area (Å²) >= 11 is 1.65. The van der Waals surface area contributed by atoms with Gasteiger partial charge in [0.2, 0.25) is 5.91 Å². The van der Waals surface area contributed by atoms with Crippen molar-refractivity contribution in [2.75, 3.05) is 20.2 Å². The molecule has 5 rings (SSSR count). The topological polar surface area (TPSA) is 63.6 Å². The molecule has 162 valence electrons. The first-order valence-electron chi connectivity index (χ1n) is 10.9. The molecule has 3 heterocycles. The van der Waals surface area contributed by atoms with Gasteiger partial charge in [-0.2, -0.15) is 0 Å². The summed E-state index contributed by atoms with van der Waals surface area (Å²) in [6, 6.07) is 12.4. The second-order valence-electron chi connectivity index (χ2n) is 8.48. The number of carbonyl (C=O) groups excluding carboxylic acids is 2. The molecule has 0 spiro atoms. The summed E-state index contributed by atoms with van der Waals surface area (Å²) in [6.45, 7) is 1.89. The first kappa shape index (κ1) is 20.1. The maximum atomic E-state index is 13.4. The molecule has 2 aliphatic rings. The van der Waals surface area contributed by atoms with Crippen LogP contribution in [0.15, 0.2) is 41.8 Å². The van der Waals surface area contributed by atoms with E-state index in [-0.39, 0.29) is 17.7 Å². The number of nitrogens with one attached hydrogen (secondary N) is 1. The number of nitrogens with zero attached hydrogens (tertiary/aromatic N) is 2. The molecule has 2 amide bonds. The number of hydrogen-bond acceptors (Lipinski definition) is 4. The van der Waals surface area contributed by atoms with Gasteiger partial charge in [-0.25, -0.2) is 0 Å². The van der Waals surface area contributed by atoms with E-state index in [1.165, 1.54) is 0 Å². The molecule has 0 bridgehead atoms. The van der Waals surface area contributed by atoms with E-state index in [0.717, 1.165) is 52.9 Å². The van der Waals surface area contributed by atoms with Crippen LogP contribution in [0.1, 0.15) is 41.7 Å². The first-order valence-corrected chi connectivity index (χ1v) is 11.8. The van der Waals surface area contributed by atoms with Crippen molar-refractivity contribution in [2.24, 2.45) is 5.92 Å². The molecule has 1 aliphatic heterocycles. The predicted octanol–water partition coefficient (Wildman–Crippen LogP) is 3.89. The zero-order valence-corrected chi connectivity index (χ0v) is 18.5. The van der Waals surface area contributed by atoms with Crippen molar-refractivity contribution in [1.29, 1.82) is 0 Å². The number of aromatic nitrogens is 1. The van der Waals surface area contributed by atoms with Crippen LogP contribution in [0.25, 0.3) is 10.2 Å². The van der Waals surface area contributed by atoms with Crippen molar-refractivity contribution in [3.05, 3.63) is 53.0 Å². The molecule has 0 radical (unpaired) electrons. The molecule has 2 aromatic heterocycles. The Morgan fingerprint density at radius 2 is 1.84 bits per heavy atom. The van der Waals surface area contributed by atoms with Gasteiger partial charge in [0.05, 0.1) is 17.3 Å². The fourth-order valence-electron chi connectivity index (χ4n) is 4.29. The Labute approximate surface area is 185 Å². The highest BCUT2D eigenvalue weighted by molar-refractivity contribution is 7.17. The van der Waals surface area contributed by atoms with Gasteiger partial charge in [-0.3, -0.25) is 9.59 Å². The Bertz CT molecular complexity index is 1090. The van der Waals surface area contributed by atoms with E-state index in [9.17, 15) is 9.59 Å². The summed E-state index contributed by atoms with van der Waals surface area (Å²) in [7, 11) is 1.66. The number of piperidine rings is 1. The van der Waals surface area contributed by atoms with Gasteiger partial charge in [-0.15, -0.1) is 11.3 Å². The third-order valence-electron chi connectivity index (χ3n) is 6.32. The maximum absolute atomic E-state index is 13.4. The molecule has 7 heteroatoms. The molecule has 31 heavy (non-hydrogen) atoms. The smallest absolute Gasteiger partial charge is 0.270 e. The first-order chi connectivity index (χ1) is 15.1. The lowest BCUT2D eigenvalue weighted by atomic mass is 9.95. The van der Waals surface area contributed by atoms with E-state index in [1.807, 2.05) is 35.2 Å². The molecule has 3 aromatic rings. The summed E-state index contributed by atoms with van der Waals surface area (Å²) in [5, 5.41) is 5.17. The number of benzene rings is 1. The van der Waals surface area contributed by atoms with Crippen molar-refractivity contribution in [1.82, 2.24) is 14.8 Å². The van der Waals surface area contributed by atoms with Gasteiger partial charge in [-0.05, 0) is 60.9 Å². The second kappa shape index (κ2) is 8.38. The van der Waals surface area contributed by atoms with E-state index in [4.69, 9.17) is 4.74 Å². The highest BCUT2D eigenvalue weighted by Gasteiger charge is 2.32. The summed E-state index contributed by atoms with van der Waals surface area (Å²) in [5.74, 6) is 1.07. The fraction of sp³-hybridized carbons (Fsp3) is 0.417. The van der Waals surface area contributed by atoms with Crippen LogP contribution < -0.4 is 10.1 Å². The van der Waals surface area contributed by atoms with Gasteiger partial charge in [0.15, 0.2) is 0 Å². The molecule has 1 aliphatic carbocycles. The third kappa shape index (κ3) is 4.19. The van der Waals surface area contributed by atoms with Gasteiger partial charge >= 0.3 is 0 Å². The number of ether oxygens (including phenoxy) is 1. The highest BCUT2D eigenvalue weighted by atomic mass is 32.1. The Hall–Kier alpha value is -2.80. The van der Waals surface area contributed by atoms with Crippen LogP contribution in [0, 0.1) is 5.92 Å². The summed E-state index contributed by atoms with van der Waals surface area (Å²) < 4.78 is 8.49.